The number of thiazole rings is 1. The SMILES string of the molecule is COC(=O)c1cnc(NC2CCCC(SC)C2)s1. The summed E-state index contributed by atoms with van der Waals surface area (Å²) in [7, 11) is 1.39. The Balaban J connectivity index is 1.92. The van der Waals surface area contributed by atoms with Crippen molar-refractivity contribution in [1.29, 1.82) is 0 Å². The zero-order chi connectivity index (χ0) is 13.0. The molecule has 1 aliphatic rings. The van der Waals surface area contributed by atoms with Crippen LogP contribution in [0.4, 0.5) is 5.13 Å². The topological polar surface area (TPSA) is 51.2 Å². The van der Waals surface area contributed by atoms with Crippen molar-refractivity contribution in [2.75, 3.05) is 18.7 Å². The molecule has 0 radical (unpaired) electrons. The molecule has 6 heteroatoms. The van der Waals surface area contributed by atoms with Gasteiger partial charge in [0.1, 0.15) is 4.88 Å². The molecular formula is C12H18N2O2S2. The number of nitrogens with one attached hydrogen (secondary N) is 1. The van der Waals surface area contributed by atoms with Gasteiger partial charge in [0.2, 0.25) is 0 Å². The van der Waals surface area contributed by atoms with Crippen LogP contribution in [0.2, 0.25) is 0 Å². The first-order valence-electron chi connectivity index (χ1n) is 6.06. The molecule has 0 bridgehead atoms. The average Bonchev–Trinajstić information content (AvgIpc) is 2.86. The second-order valence-corrected chi connectivity index (χ2v) is 6.56. The van der Waals surface area contributed by atoms with Crippen LogP contribution >= 0.6 is 23.1 Å². The molecule has 0 spiro atoms. The number of carbonyl (C=O) groups is 1. The van der Waals surface area contributed by atoms with Gasteiger partial charge in [-0.1, -0.05) is 17.8 Å². The first kappa shape index (κ1) is 13.7. The fourth-order valence-corrected chi connectivity index (χ4v) is 3.84. The Bertz CT molecular complexity index is 409. The summed E-state index contributed by atoms with van der Waals surface area (Å²) >= 11 is 3.31. The number of rotatable bonds is 4. The van der Waals surface area contributed by atoms with Crippen LogP contribution in [0.1, 0.15) is 35.4 Å². The largest absolute Gasteiger partial charge is 0.465 e. The Morgan fingerprint density at radius 2 is 2.44 bits per heavy atom. The van der Waals surface area contributed by atoms with E-state index in [0.717, 1.165) is 10.4 Å². The monoisotopic (exact) mass is 286 g/mol. The molecule has 0 amide bonds. The lowest BCUT2D eigenvalue weighted by Crippen LogP contribution is -2.28. The van der Waals surface area contributed by atoms with Crippen molar-refractivity contribution >= 4 is 34.2 Å². The Hall–Kier alpha value is -0.750. The first-order chi connectivity index (χ1) is 8.72. The molecule has 1 aromatic heterocycles. The third kappa shape index (κ3) is 3.38. The normalized spacial score (nSPS) is 23.7. The lowest BCUT2D eigenvalue weighted by atomic mass is 9.95. The minimum Gasteiger partial charge on any atom is -0.465 e. The van der Waals surface area contributed by atoms with Crippen LogP contribution in [0.25, 0.3) is 0 Å². The zero-order valence-corrected chi connectivity index (χ0v) is 12.3. The van der Waals surface area contributed by atoms with Crippen LogP contribution in [0.15, 0.2) is 6.20 Å². The van der Waals surface area contributed by atoms with Gasteiger partial charge in [-0.25, -0.2) is 9.78 Å². The van der Waals surface area contributed by atoms with Gasteiger partial charge in [-0.15, -0.1) is 0 Å². The summed E-state index contributed by atoms with van der Waals surface area (Å²) in [6.45, 7) is 0. The number of hydrogen-bond donors (Lipinski definition) is 1. The number of thioether (sulfide) groups is 1. The summed E-state index contributed by atoms with van der Waals surface area (Å²) in [5.74, 6) is -0.314. The quantitative estimate of drug-likeness (QED) is 0.862. The summed E-state index contributed by atoms with van der Waals surface area (Å²) in [5.41, 5.74) is 0. The van der Waals surface area contributed by atoms with Gasteiger partial charge in [0.15, 0.2) is 5.13 Å². The van der Waals surface area contributed by atoms with Crippen molar-refractivity contribution in [3.05, 3.63) is 11.1 Å². The summed E-state index contributed by atoms with van der Waals surface area (Å²) in [6.07, 6.45) is 8.68. The number of ether oxygens (including phenoxy) is 1. The van der Waals surface area contributed by atoms with Gasteiger partial charge in [0.25, 0.3) is 0 Å². The van der Waals surface area contributed by atoms with Gasteiger partial charge in [-0.05, 0) is 25.5 Å². The molecule has 4 nitrogen and oxygen atoms in total. The molecule has 18 heavy (non-hydrogen) atoms. The number of nitrogens with zero attached hydrogens (tertiary/aromatic N) is 1. The van der Waals surface area contributed by atoms with Crippen molar-refractivity contribution in [3.8, 4) is 0 Å². The maximum absolute atomic E-state index is 11.3. The highest BCUT2D eigenvalue weighted by atomic mass is 32.2. The zero-order valence-electron chi connectivity index (χ0n) is 10.6. The Morgan fingerprint density at radius 1 is 1.61 bits per heavy atom. The molecule has 0 aliphatic heterocycles. The number of carbonyl (C=O) groups excluding carboxylic acids is 1. The number of aromatic nitrogens is 1. The number of esters is 1. The first-order valence-corrected chi connectivity index (χ1v) is 8.17. The molecule has 1 aliphatic carbocycles. The highest BCUT2D eigenvalue weighted by Crippen LogP contribution is 2.30. The molecule has 2 rings (SSSR count). The smallest absolute Gasteiger partial charge is 0.349 e. The summed E-state index contributed by atoms with van der Waals surface area (Å²) in [5, 5.41) is 5.00. The van der Waals surface area contributed by atoms with E-state index >= 15 is 0 Å². The summed E-state index contributed by atoms with van der Waals surface area (Å²) in [4.78, 5) is 16.1. The third-order valence-corrected chi connectivity index (χ3v) is 5.18. The fraction of sp³-hybridized carbons (Fsp3) is 0.667. The predicted octanol–water partition coefficient (Wildman–Crippen LogP) is 3.02. The molecule has 1 N–H and O–H groups in total. The fourth-order valence-electron chi connectivity index (χ4n) is 2.20. The molecule has 2 atom stereocenters. The third-order valence-electron chi connectivity index (χ3n) is 3.18. The van der Waals surface area contributed by atoms with Crippen LogP contribution < -0.4 is 5.32 Å². The van der Waals surface area contributed by atoms with Gasteiger partial charge < -0.3 is 10.1 Å². The van der Waals surface area contributed by atoms with Crippen molar-refractivity contribution in [3.63, 3.8) is 0 Å². The predicted molar refractivity (Wildman–Crippen MR) is 76.6 cm³/mol. The molecule has 1 fully saturated rings. The van der Waals surface area contributed by atoms with Crippen LogP contribution in [-0.2, 0) is 4.74 Å². The molecule has 0 saturated heterocycles. The average molecular weight is 286 g/mol. The van der Waals surface area contributed by atoms with E-state index in [1.165, 1.54) is 44.1 Å². The van der Waals surface area contributed by atoms with E-state index in [-0.39, 0.29) is 5.97 Å². The maximum Gasteiger partial charge on any atom is 0.349 e. The Kier molecular flexibility index (Phi) is 4.88. The van der Waals surface area contributed by atoms with Crippen molar-refractivity contribution in [1.82, 2.24) is 4.98 Å². The minimum atomic E-state index is -0.314. The van der Waals surface area contributed by atoms with Gasteiger partial charge in [-0.2, -0.15) is 11.8 Å². The van der Waals surface area contributed by atoms with E-state index in [1.54, 1.807) is 6.20 Å². The number of hydrogen-bond acceptors (Lipinski definition) is 6. The summed E-state index contributed by atoms with van der Waals surface area (Å²) in [6, 6.07) is 0.479. The minimum absolute atomic E-state index is 0.314. The van der Waals surface area contributed by atoms with Crippen molar-refractivity contribution in [2.24, 2.45) is 0 Å². The lowest BCUT2D eigenvalue weighted by Gasteiger charge is -2.28. The van der Waals surface area contributed by atoms with Crippen molar-refractivity contribution < 1.29 is 9.53 Å². The molecule has 100 valence electrons. The van der Waals surface area contributed by atoms with Crippen LogP contribution in [0, 0.1) is 0 Å². The van der Waals surface area contributed by atoms with Crippen LogP contribution in [0.5, 0.6) is 0 Å². The second kappa shape index (κ2) is 6.43. The van der Waals surface area contributed by atoms with E-state index < -0.39 is 0 Å². The molecule has 2 unspecified atom stereocenters. The molecule has 1 heterocycles. The van der Waals surface area contributed by atoms with E-state index in [9.17, 15) is 4.79 Å². The highest BCUT2D eigenvalue weighted by Gasteiger charge is 2.22. The van der Waals surface area contributed by atoms with E-state index in [0.29, 0.717) is 10.9 Å². The molecule has 1 aromatic rings. The second-order valence-electron chi connectivity index (χ2n) is 4.39. The molecular weight excluding hydrogens is 268 g/mol. The number of methoxy groups -OCH3 is 1. The van der Waals surface area contributed by atoms with Gasteiger partial charge in [0.05, 0.1) is 13.3 Å². The van der Waals surface area contributed by atoms with Gasteiger partial charge in [-0.3, -0.25) is 0 Å². The highest BCUT2D eigenvalue weighted by molar-refractivity contribution is 7.99. The summed E-state index contributed by atoms with van der Waals surface area (Å²) < 4.78 is 4.67. The van der Waals surface area contributed by atoms with Gasteiger partial charge in [0, 0.05) is 11.3 Å². The molecule has 1 saturated carbocycles. The number of anilines is 1. The van der Waals surface area contributed by atoms with Crippen LogP contribution in [0.3, 0.4) is 0 Å². The standard InChI is InChI=1S/C12H18N2O2S2/c1-16-11(15)10-7-13-12(18-10)14-8-4-3-5-9(6-8)17-2/h7-9H,3-6H2,1-2H3,(H,13,14). The van der Waals surface area contributed by atoms with E-state index in [4.69, 9.17) is 0 Å². The van der Waals surface area contributed by atoms with E-state index in [1.807, 2.05) is 11.8 Å². The van der Waals surface area contributed by atoms with Crippen molar-refractivity contribution in [2.45, 2.75) is 37.0 Å². The molecule has 0 aromatic carbocycles. The van der Waals surface area contributed by atoms with Gasteiger partial charge >= 0.3 is 5.97 Å². The van der Waals surface area contributed by atoms with Crippen LogP contribution in [-0.4, -0.2) is 35.6 Å². The van der Waals surface area contributed by atoms with E-state index in [2.05, 4.69) is 21.3 Å². The lowest BCUT2D eigenvalue weighted by molar-refractivity contribution is 0.0606. The Labute approximate surface area is 116 Å². The maximum atomic E-state index is 11.3. The Morgan fingerprint density at radius 3 is 3.17 bits per heavy atom.